The largest absolute Gasteiger partial charge is 0.507 e. The quantitative estimate of drug-likeness (QED) is 0.168. The fraction of sp³-hybridized carbons (Fsp3) is 0.658. The SMILES string of the molecule is CCCCCCCCCC(CC)CCC(=S)Oc1c(Cc2cc(C)cc(C(C)(C)C)c2O)cc(C)cc1C(C)(C)C. The number of hydrogen-bond acceptors (Lipinski definition) is 3. The first-order valence-electron chi connectivity index (χ1n) is 16.3. The Labute approximate surface area is 258 Å². The standard InChI is InChI=1S/C38H60O2S/c1-11-13-14-15-16-17-18-19-29(12-2)20-21-34(41)40-36-31(23-28(4)25-33(36)38(8,9)10)26-30-22-27(3)24-32(35(30)39)37(5,6)7/h22-25,29,39H,11-21,26H2,1-10H3. The van der Waals surface area contributed by atoms with Crippen molar-refractivity contribution in [3.63, 3.8) is 0 Å². The van der Waals surface area contributed by atoms with Crippen molar-refractivity contribution in [3.05, 3.63) is 57.6 Å². The summed E-state index contributed by atoms with van der Waals surface area (Å²) in [4.78, 5) is 0. The molecule has 0 spiro atoms. The van der Waals surface area contributed by atoms with Crippen LogP contribution in [-0.4, -0.2) is 10.2 Å². The van der Waals surface area contributed by atoms with Crippen molar-refractivity contribution in [2.24, 2.45) is 5.92 Å². The molecule has 0 saturated heterocycles. The van der Waals surface area contributed by atoms with Gasteiger partial charge in [0.15, 0.2) is 5.05 Å². The van der Waals surface area contributed by atoms with Gasteiger partial charge in [0.25, 0.3) is 0 Å². The van der Waals surface area contributed by atoms with E-state index in [1.165, 1.54) is 68.9 Å². The molecule has 0 amide bonds. The van der Waals surface area contributed by atoms with E-state index < -0.39 is 0 Å². The molecular formula is C38H60O2S. The van der Waals surface area contributed by atoms with Crippen LogP contribution in [-0.2, 0) is 17.3 Å². The number of phenols is 1. The fourth-order valence-corrected chi connectivity index (χ4v) is 6.05. The molecule has 0 aliphatic carbocycles. The molecule has 2 rings (SSSR count). The van der Waals surface area contributed by atoms with E-state index in [-0.39, 0.29) is 10.8 Å². The second-order valence-electron chi connectivity index (χ2n) is 14.5. The van der Waals surface area contributed by atoms with Crippen molar-refractivity contribution in [1.82, 2.24) is 0 Å². The van der Waals surface area contributed by atoms with Gasteiger partial charge in [0.1, 0.15) is 11.5 Å². The Bertz CT molecular complexity index is 1120. The molecular weight excluding hydrogens is 520 g/mol. The maximum atomic E-state index is 11.3. The normalized spacial score (nSPS) is 12.9. The Morgan fingerprint density at radius 2 is 1.29 bits per heavy atom. The summed E-state index contributed by atoms with van der Waals surface area (Å²) in [6, 6.07) is 8.68. The monoisotopic (exact) mass is 580 g/mol. The van der Waals surface area contributed by atoms with Gasteiger partial charge in [-0.15, -0.1) is 0 Å². The summed E-state index contributed by atoms with van der Waals surface area (Å²) in [7, 11) is 0. The number of benzene rings is 2. The molecule has 0 bridgehead atoms. The molecule has 0 fully saturated rings. The average molecular weight is 581 g/mol. The molecule has 1 N–H and O–H groups in total. The molecule has 1 unspecified atom stereocenters. The third-order valence-electron chi connectivity index (χ3n) is 8.41. The molecule has 41 heavy (non-hydrogen) atoms. The van der Waals surface area contributed by atoms with Crippen molar-refractivity contribution in [2.45, 2.75) is 157 Å². The van der Waals surface area contributed by atoms with Gasteiger partial charge in [-0.25, -0.2) is 0 Å². The van der Waals surface area contributed by atoms with Gasteiger partial charge >= 0.3 is 0 Å². The fourth-order valence-electron chi connectivity index (χ4n) is 5.85. The highest BCUT2D eigenvalue weighted by Gasteiger charge is 2.26. The number of thiocarbonyl (C=S) groups is 1. The molecule has 0 aliphatic heterocycles. The zero-order chi connectivity index (χ0) is 30.8. The predicted octanol–water partition coefficient (Wildman–Crippen LogP) is 11.8. The van der Waals surface area contributed by atoms with Crippen LogP contribution in [0.15, 0.2) is 24.3 Å². The van der Waals surface area contributed by atoms with Crippen molar-refractivity contribution in [2.75, 3.05) is 0 Å². The number of hydrogen-bond donors (Lipinski definition) is 1. The van der Waals surface area contributed by atoms with Gasteiger partial charge in [-0.3, -0.25) is 0 Å². The summed E-state index contributed by atoms with van der Waals surface area (Å²) in [5, 5.41) is 12.0. The Morgan fingerprint density at radius 1 is 0.756 bits per heavy atom. The first-order chi connectivity index (χ1) is 19.2. The second-order valence-corrected chi connectivity index (χ2v) is 15.0. The van der Waals surface area contributed by atoms with E-state index in [0.29, 0.717) is 23.1 Å². The molecule has 2 nitrogen and oxygen atoms in total. The van der Waals surface area contributed by atoms with Gasteiger partial charge < -0.3 is 9.84 Å². The number of aromatic hydroxyl groups is 1. The minimum absolute atomic E-state index is 0.0972. The van der Waals surface area contributed by atoms with Crippen molar-refractivity contribution in [1.29, 1.82) is 0 Å². The van der Waals surface area contributed by atoms with Crippen LogP contribution in [0.2, 0.25) is 0 Å². The highest BCUT2D eigenvalue weighted by molar-refractivity contribution is 7.80. The van der Waals surface area contributed by atoms with Gasteiger partial charge in [-0.05, 0) is 65.9 Å². The second kappa shape index (κ2) is 16.1. The van der Waals surface area contributed by atoms with Crippen LogP contribution in [0.25, 0.3) is 0 Å². The highest BCUT2D eigenvalue weighted by atomic mass is 32.1. The van der Waals surface area contributed by atoms with E-state index in [9.17, 15) is 5.11 Å². The van der Waals surface area contributed by atoms with Crippen LogP contribution >= 0.6 is 12.2 Å². The van der Waals surface area contributed by atoms with Crippen molar-refractivity contribution < 1.29 is 9.84 Å². The van der Waals surface area contributed by atoms with Crippen LogP contribution < -0.4 is 4.74 Å². The first kappa shape index (κ1) is 35.3. The summed E-state index contributed by atoms with van der Waals surface area (Å²) in [6.45, 7) is 22.0. The van der Waals surface area contributed by atoms with Gasteiger partial charge in [0, 0.05) is 18.4 Å². The van der Waals surface area contributed by atoms with Gasteiger partial charge in [-0.1, -0.05) is 149 Å². The third-order valence-corrected chi connectivity index (χ3v) is 8.69. The number of aryl methyl sites for hydroxylation is 2. The van der Waals surface area contributed by atoms with Gasteiger partial charge in [-0.2, -0.15) is 0 Å². The minimum atomic E-state index is -0.139. The summed E-state index contributed by atoms with van der Waals surface area (Å²) in [5.41, 5.74) is 6.32. The highest BCUT2D eigenvalue weighted by Crippen LogP contribution is 2.40. The van der Waals surface area contributed by atoms with E-state index in [1.807, 2.05) is 0 Å². The van der Waals surface area contributed by atoms with Crippen LogP contribution in [0, 0.1) is 19.8 Å². The zero-order valence-electron chi connectivity index (χ0n) is 28.1. The summed E-state index contributed by atoms with van der Waals surface area (Å²) in [6.07, 6.45) is 14.5. The smallest absolute Gasteiger partial charge is 0.167 e. The van der Waals surface area contributed by atoms with Gasteiger partial charge in [0.05, 0.1) is 0 Å². The molecule has 0 saturated carbocycles. The zero-order valence-corrected chi connectivity index (χ0v) is 29.0. The third kappa shape index (κ3) is 11.4. The van der Waals surface area contributed by atoms with E-state index in [2.05, 4.69) is 93.5 Å². The summed E-state index contributed by atoms with van der Waals surface area (Å²) < 4.78 is 6.62. The van der Waals surface area contributed by atoms with Crippen molar-refractivity contribution in [3.8, 4) is 11.5 Å². The number of unbranched alkanes of at least 4 members (excludes halogenated alkanes) is 6. The van der Waals surface area contributed by atoms with E-state index >= 15 is 0 Å². The van der Waals surface area contributed by atoms with E-state index in [1.54, 1.807) is 0 Å². The molecule has 230 valence electrons. The Hall–Kier alpha value is -1.87. The van der Waals surface area contributed by atoms with Crippen LogP contribution in [0.1, 0.15) is 159 Å². The molecule has 2 aromatic rings. The first-order valence-corrected chi connectivity index (χ1v) is 16.8. The topological polar surface area (TPSA) is 29.5 Å². The number of ether oxygens (including phenoxy) is 1. The van der Waals surface area contributed by atoms with E-state index in [4.69, 9.17) is 17.0 Å². The Morgan fingerprint density at radius 3 is 1.85 bits per heavy atom. The van der Waals surface area contributed by atoms with Crippen molar-refractivity contribution >= 4 is 17.3 Å². The number of rotatable bonds is 15. The number of phenolic OH excluding ortho intramolecular Hbond substituents is 1. The lowest BCUT2D eigenvalue weighted by molar-refractivity contribution is 0.407. The molecule has 2 aromatic carbocycles. The molecule has 0 aromatic heterocycles. The average Bonchev–Trinajstić information content (AvgIpc) is 2.87. The lowest BCUT2D eigenvalue weighted by atomic mass is 9.81. The Balaban J connectivity index is 2.23. The summed E-state index contributed by atoms with van der Waals surface area (Å²) in [5.74, 6) is 1.98. The molecule has 0 aliphatic rings. The van der Waals surface area contributed by atoms with Crippen LogP contribution in [0.5, 0.6) is 11.5 Å². The predicted molar refractivity (Wildman–Crippen MR) is 183 cm³/mol. The lowest BCUT2D eigenvalue weighted by Gasteiger charge is -2.27. The molecule has 0 heterocycles. The van der Waals surface area contributed by atoms with Gasteiger partial charge in [0.2, 0.25) is 0 Å². The molecule has 3 heteroatoms. The molecule has 0 radical (unpaired) electrons. The Kier molecular flexibility index (Phi) is 13.9. The summed E-state index contributed by atoms with van der Waals surface area (Å²) >= 11 is 5.88. The maximum Gasteiger partial charge on any atom is 0.167 e. The molecule has 1 atom stereocenters. The maximum absolute atomic E-state index is 11.3. The minimum Gasteiger partial charge on any atom is -0.507 e. The van der Waals surface area contributed by atoms with Crippen LogP contribution in [0.4, 0.5) is 0 Å². The lowest BCUT2D eigenvalue weighted by Crippen LogP contribution is -2.18. The van der Waals surface area contributed by atoms with Crippen LogP contribution in [0.3, 0.4) is 0 Å². The van der Waals surface area contributed by atoms with E-state index in [0.717, 1.165) is 40.8 Å².